The molecule has 2 heterocycles. The van der Waals surface area contributed by atoms with Gasteiger partial charge in [0, 0.05) is 29.2 Å². The predicted molar refractivity (Wildman–Crippen MR) is 154 cm³/mol. The van der Waals surface area contributed by atoms with Crippen LogP contribution in [0.25, 0.3) is 11.1 Å². The summed E-state index contributed by atoms with van der Waals surface area (Å²) in [6, 6.07) is 9.19. The Morgan fingerprint density at radius 1 is 0.923 bits per heavy atom. The highest BCUT2D eigenvalue weighted by Crippen LogP contribution is 2.51. The maximum absolute atomic E-state index is 13.8. The predicted octanol–water partition coefficient (Wildman–Crippen LogP) is 6.27. The van der Waals surface area contributed by atoms with Crippen LogP contribution in [-0.2, 0) is 4.79 Å². The van der Waals surface area contributed by atoms with E-state index in [0.29, 0.717) is 29.4 Å². The van der Waals surface area contributed by atoms with Gasteiger partial charge in [-0.25, -0.2) is 0 Å². The molecule has 39 heavy (non-hydrogen) atoms. The summed E-state index contributed by atoms with van der Waals surface area (Å²) in [7, 11) is 0. The number of anilines is 1. The summed E-state index contributed by atoms with van der Waals surface area (Å²) in [5.74, 6) is 1.37. The fraction of sp³-hybridized carbons (Fsp3) is 0.548. The first-order valence-electron chi connectivity index (χ1n) is 14.5. The first-order chi connectivity index (χ1) is 18.7. The van der Waals surface area contributed by atoms with Gasteiger partial charge in [-0.05, 0) is 92.9 Å². The highest BCUT2D eigenvalue weighted by atomic mass is 16.2. The van der Waals surface area contributed by atoms with Gasteiger partial charge in [0.2, 0.25) is 5.91 Å². The summed E-state index contributed by atoms with van der Waals surface area (Å²) in [6.45, 7) is 12.6. The Labute approximate surface area is 231 Å². The van der Waals surface area contributed by atoms with Gasteiger partial charge in [-0.2, -0.15) is 10.2 Å². The summed E-state index contributed by atoms with van der Waals surface area (Å²) in [5, 5.41) is 18.4. The third kappa shape index (κ3) is 5.80. The normalized spacial score (nSPS) is 16.4. The van der Waals surface area contributed by atoms with E-state index in [-0.39, 0.29) is 23.8 Å². The highest BCUT2D eigenvalue weighted by Gasteiger charge is 2.48. The molecule has 8 heteroatoms. The molecule has 2 aliphatic carbocycles. The number of carbonyl (C=O) groups excluding carboxylic acids is 2. The summed E-state index contributed by atoms with van der Waals surface area (Å²) in [5.41, 5.74) is 5.61. The molecule has 0 unspecified atom stereocenters. The second-order valence-corrected chi connectivity index (χ2v) is 12.2. The Bertz CT molecular complexity index is 1270. The second-order valence-electron chi connectivity index (χ2n) is 12.2. The molecule has 0 saturated heterocycles. The number of nitrogens with one attached hydrogen (secondary N) is 3. The Morgan fingerprint density at radius 3 is 2.10 bits per heavy atom. The maximum atomic E-state index is 13.8. The molecular formula is C31H42N6O2. The van der Waals surface area contributed by atoms with E-state index in [0.717, 1.165) is 53.9 Å². The maximum Gasteiger partial charge on any atom is 0.270 e. The van der Waals surface area contributed by atoms with E-state index in [4.69, 9.17) is 0 Å². The quantitative estimate of drug-likeness (QED) is 0.272. The van der Waals surface area contributed by atoms with Crippen molar-refractivity contribution in [1.29, 1.82) is 0 Å². The van der Waals surface area contributed by atoms with E-state index in [2.05, 4.69) is 53.6 Å². The van der Waals surface area contributed by atoms with E-state index in [1.807, 2.05) is 38.1 Å². The number of carbonyl (C=O) groups is 2. The fourth-order valence-electron chi connectivity index (χ4n) is 5.80. The lowest BCUT2D eigenvalue weighted by Gasteiger charge is -2.28. The van der Waals surface area contributed by atoms with Crippen molar-refractivity contribution in [1.82, 2.24) is 25.3 Å². The molecule has 3 aromatic rings. The molecule has 8 nitrogen and oxygen atoms in total. The zero-order valence-corrected chi connectivity index (χ0v) is 24.0. The Kier molecular flexibility index (Phi) is 7.65. The molecule has 2 aliphatic rings. The van der Waals surface area contributed by atoms with Crippen molar-refractivity contribution in [3.63, 3.8) is 0 Å². The Morgan fingerprint density at radius 2 is 1.56 bits per heavy atom. The number of hydrogen-bond donors (Lipinski definition) is 3. The molecule has 2 amide bonds. The number of aromatic amines is 1. The van der Waals surface area contributed by atoms with Gasteiger partial charge in [-0.15, -0.1) is 0 Å². The Balaban J connectivity index is 1.38. The standard InChI is InChI=1S/C31H42N6O2/c1-17(2)27-26(28(18(3)4)36-35-27)22-11-13-23(14-12-22)33-31(39)29(25(20-7-8-20)21-9-10-21)34-30(38)24-15-16-32-37(24)19(5)6/h11-21,25,29H,7-10H2,1-6H3,(H,33,39)(H,34,38)(H,35,36)/t29-/m0/s1. The van der Waals surface area contributed by atoms with E-state index in [1.165, 1.54) is 0 Å². The van der Waals surface area contributed by atoms with E-state index < -0.39 is 6.04 Å². The Hall–Kier alpha value is -3.42. The minimum absolute atomic E-state index is 0.0526. The van der Waals surface area contributed by atoms with Gasteiger partial charge in [0.1, 0.15) is 11.7 Å². The zero-order chi connectivity index (χ0) is 27.8. The largest absolute Gasteiger partial charge is 0.339 e. The van der Waals surface area contributed by atoms with Crippen LogP contribution in [0, 0.1) is 17.8 Å². The molecule has 0 bridgehead atoms. The van der Waals surface area contributed by atoms with Gasteiger partial charge in [0.25, 0.3) is 5.91 Å². The van der Waals surface area contributed by atoms with Crippen LogP contribution < -0.4 is 10.6 Å². The molecule has 2 fully saturated rings. The molecule has 5 rings (SSSR count). The van der Waals surface area contributed by atoms with Gasteiger partial charge >= 0.3 is 0 Å². The number of aromatic nitrogens is 4. The second kappa shape index (κ2) is 11.0. The summed E-state index contributed by atoms with van der Waals surface area (Å²) in [6.07, 6.45) is 6.14. The van der Waals surface area contributed by atoms with Crippen LogP contribution in [0.5, 0.6) is 0 Å². The van der Waals surface area contributed by atoms with E-state index in [9.17, 15) is 9.59 Å². The van der Waals surface area contributed by atoms with Crippen LogP contribution in [0.3, 0.4) is 0 Å². The fourth-order valence-corrected chi connectivity index (χ4v) is 5.80. The first-order valence-corrected chi connectivity index (χ1v) is 14.5. The van der Waals surface area contributed by atoms with Crippen molar-refractivity contribution >= 4 is 17.5 Å². The van der Waals surface area contributed by atoms with Gasteiger partial charge in [0.05, 0.1) is 5.69 Å². The average molecular weight is 531 g/mol. The monoisotopic (exact) mass is 530 g/mol. The van der Waals surface area contributed by atoms with E-state index >= 15 is 0 Å². The van der Waals surface area contributed by atoms with Crippen LogP contribution in [-0.4, -0.2) is 37.8 Å². The van der Waals surface area contributed by atoms with Gasteiger partial charge in [-0.3, -0.25) is 19.4 Å². The van der Waals surface area contributed by atoms with Crippen LogP contribution in [0.2, 0.25) is 0 Å². The number of benzene rings is 1. The molecular weight excluding hydrogens is 488 g/mol. The topological polar surface area (TPSA) is 105 Å². The molecule has 0 radical (unpaired) electrons. The minimum Gasteiger partial charge on any atom is -0.339 e. The van der Waals surface area contributed by atoms with Gasteiger partial charge < -0.3 is 10.6 Å². The van der Waals surface area contributed by atoms with Crippen molar-refractivity contribution in [2.24, 2.45) is 17.8 Å². The van der Waals surface area contributed by atoms with Crippen molar-refractivity contribution in [3.8, 4) is 11.1 Å². The highest BCUT2D eigenvalue weighted by molar-refractivity contribution is 6.01. The number of nitrogens with zero attached hydrogens (tertiary/aromatic N) is 3. The van der Waals surface area contributed by atoms with Crippen molar-refractivity contribution in [2.45, 2.75) is 91.1 Å². The van der Waals surface area contributed by atoms with Crippen LogP contribution >= 0.6 is 0 Å². The van der Waals surface area contributed by atoms with E-state index in [1.54, 1.807) is 16.9 Å². The molecule has 3 N–H and O–H groups in total. The third-order valence-corrected chi connectivity index (χ3v) is 8.07. The summed E-state index contributed by atoms with van der Waals surface area (Å²) >= 11 is 0. The number of hydrogen-bond acceptors (Lipinski definition) is 4. The number of amides is 2. The lowest BCUT2D eigenvalue weighted by molar-refractivity contribution is -0.119. The summed E-state index contributed by atoms with van der Waals surface area (Å²) in [4.78, 5) is 27.2. The molecule has 2 saturated carbocycles. The summed E-state index contributed by atoms with van der Waals surface area (Å²) < 4.78 is 1.71. The molecule has 0 aliphatic heterocycles. The van der Waals surface area contributed by atoms with Crippen molar-refractivity contribution in [3.05, 3.63) is 53.6 Å². The minimum atomic E-state index is -0.582. The van der Waals surface area contributed by atoms with Crippen LogP contribution in [0.1, 0.15) is 107 Å². The lowest BCUT2D eigenvalue weighted by Crippen LogP contribution is -2.50. The molecule has 1 atom stereocenters. The number of H-pyrrole nitrogens is 1. The van der Waals surface area contributed by atoms with Gasteiger partial charge in [-0.1, -0.05) is 39.8 Å². The van der Waals surface area contributed by atoms with Crippen molar-refractivity contribution in [2.75, 3.05) is 5.32 Å². The number of rotatable bonds is 11. The molecule has 1 aromatic carbocycles. The SMILES string of the molecule is CC(C)c1n[nH]c(C(C)C)c1-c1ccc(NC(=O)[C@@H](NC(=O)c2ccnn2C(C)C)C(C2CC2)C2CC2)cc1. The third-order valence-electron chi connectivity index (χ3n) is 8.07. The lowest BCUT2D eigenvalue weighted by atomic mass is 9.88. The smallest absolute Gasteiger partial charge is 0.270 e. The van der Waals surface area contributed by atoms with Gasteiger partial charge in [0.15, 0.2) is 0 Å². The van der Waals surface area contributed by atoms with Crippen LogP contribution in [0.4, 0.5) is 5.69 Å². The average Bonchev–Trinajstić information content (AvgIpc) is 3.81. The first kappa shape index (κ1) is 27.2. The zero-order valence-electron chi connectivity index (χ0n) is 24.0. The van der Waals surface area contributed by atoms with Crippen LogP contribution in [0.15, 0.2) is 36.5 Å². The van der Waals surface area contributed by atoms with Crippen molar-refractivity contribution < 1.29 is 9.59 Å². The molecule has 2 aromatic heterocycles. The molecule has 208 valence electrons. The molecule has 0 spiro atoms.